The first kappa shape index (κ1) is 23.7. The normalized spacial score (nSPS) is 10.3. The summed E-state index contributed by atoms with van der Waals surface area (Å²) in [6.07, 6.45) is 0. The van der Waals surface area contributed by atoms with Crippen LogP contribution in [0, 0.1) is 0 Å². The zero-order valence-corrected chi connectivity index (χ0v) is 7.76. The predicted octanol–water partition coefficient (Wildman–Crippen LogP) is -2.56. The van der Waals surface area contributed by atoms with Gasteiger partial charge in [-0.15, -0.1) is 0 Å². The van der Waals surface area contributed by atoms with Crippen molar-refractivity contribution in [1.29, 1.82) is 0 Å². The van der Waals surface area contributed by atoms with Gasteiger partial charge in [0.2, 0.25) is 0 Å². The molecule has 0 amide bonds. The van der Waals surface area contributed by atoms with E-state index >= 15 is 0 Å². The van der Waals surface area contributed by atoms with Gasteiger partial charge in [0.15, 0.2) is 0 Å². The van der Waals surface area contributed by atoms with E-state index in [1.165, 1.54) is 0 Å². The van der Waals surface area contributed by atoms with Crippen LogP contribution < -0.4 is 0 Å². The molecule has 0 aliphatic heterocycles. The van der Waals surface area contributed by atoms with Crippen molar-refractivity contribution in [2.24, 2.45) is 0 Å². The van der Waals surface area contributed by atoms with Crippen molar-refractivity contribution >= 4 is 53.4 Å². The van der Waals surface area contributed by atoms with Gasteiger partial charge in [-0.25, -0.2) is 9.13 Å². The second-order valence-corrected chi connectivity index (χ2v) is 3.68. The van der Waals surface area contributed by atoms with Gasteiger partial charge in [0.25, 0.3) is 0 Å². The molecule has 75 valence electrons. The molecular weight excluding hydrogens is 285 g/mol. The minimum absolute atomic E-state index is 0. The van der Waals surface area contributed by atoms with Gasteiger partial charge in [0.05, 0.1) is 0 Å². The van der Waals surface area contributed by atoms with E-state index in [1.807, 2.05) is 0 Å². The molecule has 12 heteroatoms. The van der Waals surface area contributed by atoms with Crippen LogP contribution in [0.5, 0.6) is 0 Å². The van der Waals surface area contributed by atoms with Crippen molar-refractivity contribution in [1.82, 2.24) is 0 Å². The quantitative estimate of drug-likeness (QED) is 0.322. The van der Waals surface area contributed by atoms with Crippen LogP contribution in [0.2, 0.25) is 0 Å². The van der Waals surface area contributed by atoms with Gasteiger partial charge >= 0.3 is 53.4 Å². The third kappa shape index (κ3) is 22.7. The average Bonchev–Trinajstić information content (AvgIpc) is 1.14. The summed E-state index contributed by atoms with van der Waals surface area (Å²) in [4.78, 5) is 31.0. The molecule has 0 aliphatic rings. The minimum Gasteiger partial charge on any atom is 0 e. The van der Waals surface area contributed by atoms with Gasteiger partial charge in [0.1, 0.15) is 0 Å². The Morgan fingerprint density at radius 1 is 0.917 bits per heavy atom. The van der Waals surface area contributed by atoms with Crippen LogP contribution in [-0.2, 0) is 30.5 Å². The summed E-state index contributed by atoms with van der Waals surface area (Å²) in [5, 5.41) is 0. The molecule has 0 spiro atoms. The van der Waals surface area contributed by atoms with Crippen molar-refractivity contribution in [3.63, 3.8) is 0 Å². The largest absolute Gasteiger partial charge is 0 e. The first-order valence-corrected chi connectivity index (χ1v) is 4.59. The van der Waals surface area contributed by atoms with E-state index < -0.39 is 15.6 Å². The van der Waals surface area contributed by atoms with Crippen LogP contribution in [0.1, 0.15) is 0 Å². The summed E-state index contributed by atoms with van der Waals surface area (Å²) in [5.41, 5.74) is 0. The Balaban J connectivity index is -0.000000107. The van der Waals surface area contributed by atoms with Crippen LogP contribution in [0.3, 0.4) is 0 Å². The molecule has 0 aromatic carbocycles. The molecule has 8 nitrogen and oxygen atoms in total. The van der Waals surface area contributed by atoms with Gasteiger partial charge < -0.3 is 25.0 Å². The van der Waals surface area contributed by atoms with Crippen LogP contribution in [0.25, 0.3) is 0 Å². The zero-order chi connectivity index (χ0) is 7.71. The SMILES string of the molecule is O.O=P(O)(O)OP(=O)(O)O.[CaH2].[Mn]. The van der Waals surface area contributed by atoms with Crippen LogP contribution in [-0.4, -0.2) is 62.8 Å². The second-order valence-electron chi connectivity index (χ2n) is 1.06. The predicted molar refractivity (Wildman–Crippen MR) is 37.3 cm³/mol. The summed E-state index contributed by atoms with van der Waals surface area (Å²) in [6, 6.07) is 0. The van der Waals surface area contributed by atoms with Crippen molar-refractivity contribution in [3.8, 4) is 0 Å². The Kier molecular flexibility index (Phi) is 16.4. The Bertz CT molecular complexity index is 157. The fourth-order valence-electron chi connectivity index (χ4n) is 0.139. The van der Waals surface area contributed by atoms with Crippen LogP contribution in [0.15, 0.2) is 0 Å². The third-order valence-electron chi connectivity index (χ3n) is 0.213. The molecule has 0 rings (SSSR count). The summed E-state index contributed by atoms with van der Waals surface area (Å²) < 4.78 is 22.2. The minimum atomic E-state index is -5.05. The van der Waals surface area contributed by atoms with Gasteiger partial charge in [-0.2, -0.15) is 4.31 Å². The van der Waals surface area contributed by atoms with Crippen molar-refractivity contribution < 1.29 is 55.6 Å². The molecule has 6 N–H and O–H groups in total. The van der Waals surface area contributed by atoms with Gasteiger partial charge in [-0.1, -0.05) is 0 Å². The average molecular weight is 293 g/mol. The van der Waals surface area contributed by atoms with Crippen molar-refractivity contribution in [2.45, 2.75) is 0 Å². The Labute approximate surface area is 108 Å². The monoisotopic (exact) mass is 293 g/mol. The first-order valence-electron chi connectivity index (χ1n) is 1.53. The number of hydrogen-bond acceptors (Lipinski definition) is 3. The van der Waals surface area contributed by atoms with Gasteiger partial charge in [-0.05, 0) is 0 Å². The van der Waals surface area contributed by atoms with Crippen molar-refractivity contribution in [3.05, 3.63) is 0 Å². The van der Waals surface area contributed by atoms with Crippen molar-refractivity contribution in [2.75, 3.05) is 0 Å². The van der Waals surface area contributed by atoms with E-state index in [-0.39, 0.29) is 60.3 Å². The Morgan fingerprint density at radius 3 is 1.08 bits per heavy atom. The molecule has 0 aromatic rings. The molecule has 0 atom stereocenters. The van der Waals surface area contributed by atoms with E-state index in [9.17, 15) is 9.13 Å². The fraction of sp³-hybridized carbons (Fsp3) is 0. The van der Waals surface area contributed by atoms with E-state index in [1.54, 1.807) is 0 Å². The van der Waals surface area contributed by atoms with E-state index in [0.717, 1.165) is 0 Å². The molecule has 1 radical (unpaired) electrons. The molecule has 0 bridgehead atoms. The summed E-state index contributed by atoms with van der Waals surface area (Å²) in [7, 11) is -10.1. The van der Waals surface area contributed by atoms with E-state index in [4.69, 9.17) is 19.6 Å². The molecule has 0 unspecified atom stereocenters. The van der Waals surface area contributed by atoms with E-state index in [2.05, 4.69) is 4.31 Å². The smallest absolute Gasteiger partial charge is 0 e. The summed E-state index contributed by atoms with van der Waals surface area (Å²) in [5.74, 6) is 0. The number of rotatable bonds is 2. The molecule has 0 fully saturated rings. The second kappa shape index (κ2) is 8.32. The summed E-state index contributed by atoms with van der Waals surface area (Å²) in [6.45, 7) is 0. The summed E-state index contributed by atoms with van der Waals surface area (Å²) >= 11 is 0. The molecule has 0 aliphatic carbocycles. The fourth-order valence-corrected chi connectivity index (χ4v) is 1.25. The van der Waals surface area contributed by atoms with E-state index in [0.29, 0.717) is 0 Å². The van der Waals surface area contributed by atoms with Gasteiger partial charge in [0, 0.05) is 17.1 Å². The molecule has 0 saturated heterocycles. The molecule has 0 aromatic heterocycles. The Morgan fingerprint density at radius 2 is 1.08 bits per heavy atom. The molecule has 0 saturated carbocycles. The number of phosphoric acid groups is 2. The molecule has 12 heavy (non-hydrogen) atoms. The first-order chi connectivity index (χ1) is 3.71. The standard InChI is InChI=1S/Ca.Mn.H4O7P2.H2O.2H/c;;1-8(2,3)7-9(4,5)6;;;/h;;(H2,1,2,3)(H2,4,5,6);1H2;;. The zero-order valence-electron chi connectivity index (χ0n) is 4.79. The van der Waals surface area contributed by atoms with Crippen LogP contribution >= 0.6 is 15.6 Å². The maximum atomic E-state index is 9.63. The number of hydrogen-bond donors (Lipinski definition) is 4. The maximum Gasteiger partial charge on any atom is 0 e. The van der Waals surface area contributed by atoms with Crippen LogP contribution in [0.4, 0.5) is 0 Å². The van der Waals surface area contributed by atoms with Gasteiger partial charge in [-0.3, -0.25) is 0 Å². The topological polar surface area (TPSA) is 156 Å². The maximum absolute atomic E-state index is 9.63. The third-order valence-corrected chi connectivity index (χ3v) is 1.91. The Hall–Kier alpha value is 2.00. The molecule has 0 heterocycles. The molecular formula is H8CaMnO8P2.